The van der Waals surface area contributed by atoms with Gasteiger partial charge in [0, 0.05) is 12.6 Å². The average molecular weight is 300 g/mol. The van der Waals surface area contributed by atoms with Gasteiger partial charge in [-0.25, -0.2) is 4.39 Å². The Hall–Kier alpha value is -1.45. The molecule has 1 N–H and O–H groups in total. The standard InChI is InChI=1S/C14H12Cl2FNO/c15-11-6-5-10(9-13(11)17)19-8-7-18-14-4-2-1-3-12(14)16/h1-6,9,18H,7-8H2. The minimum atomic E-state index is -0.488. The van der Waals surface area contributed by atoms with Crippen molar-refractivity contribution < 1.29 is 9.13 Å². The topological polar surface area (TPSA) is 21.3 Å². The Morgan fingerprint density at radius 3 is 2.58 bits per heavy atom. The van der Waals surface area contributed by atoms with Crippen LogP contribution >= 0.6 is 23.2 Å². The molecule has 2 rings (SSSR count). The lowest BCUT2D eigenvalue weighted by Crippen LogP contribution is -2.11. The Morgan fingerprint density at radius 2 is 1.84 bits per heavy atom. The van der Waals surface area contributed by atoms with Crippen molar-refractivity contribution in [3.05, 3.63) is 58.3 Å². The molecule has 0 aliphatic rings. The first-order chi connectivity index (χ1) is 9.16. The monoisotopic (exact) mass is 299 g/mol. The molecule has 0 unspecified atom stereocenters. The van der Waals surface area contributed by atoms with Crippen LogP contribution in [-0.4, -0.2) is 13.2 Å². The van der Waals surface area contributed by atoms with Gasteiger partial charge in [-0.15, -0.1) is 0 Å². The van der Waals surface area contributed by atoms with Gasteiger partial charge in [0.15, 0.2) is 0 Å². The second-order valence-corrected chi connectivity index (χ2v) is 4.65. The summed E-state index contributed by atoms with van der Waals surface area (Å²) in [6.07, 6.45) is 0. The van der Waals surface area contributed by atoms with Gasteiger partial charge < -0.3 is 10.1 Å². The van der Waals surface area contributed by atoms with Crippen LogP contribution in [0.4, 0.5) is 10.1 Å². The van der Waals surface area contributed by atoms with Crippen LogP contribution in [-0.2, 0) is 0 Å². The Bertz CT molecular complexity index is 563. The third-order valence-electron chi connectivity index (χ3n) is 2.45. The summed E-state index contributed by atoms with van der Waals surface area (Å²) in [4.78, 5) is 0. The molecule has 0 radical (unpaired) electrons. The molecule has 0 spiro atoms. The maximum absolute atomic E-state index is 13.2. The fourth-order valence-corrected chi connectivity index (χ4v) is 1.85. The summed E-state index contributed by atoms with van der Waals surface area (Å²) >= 11 is 11.6. The van der Waals surface area contributed by atoms with Crippen LogP contribution in [0.15, 0.2) is 42.5 Å². The third-order valence-corrected chi connectivity index (χ3v) is 3.09. The van der Waals surface area contributed by atoms with E-state index in [1.165, 1.54) is 12.1 Å². The Labute approximate surface area is 121 Å². The second-order valence-electron chi connectivity index (χ2n) is 3.83. The summed E-state index contributed by atoms with van der Waals surface area (Å²) in [6, 6.07) is 11.8. The zero-order valence-electron chi connectivity index (χ0n) is 10.00. The minimum Gasteiger partial charge on any atom is -0.492 e. The summed E-state index contributed by atoms with van der Waals surface area (Å²) < 4.78 is 18.6. The molecule has 0 saturated heterocycles. The van der Waals surface area contributed by atoms with E-state index in [0.29, 0.717) is 23.9 Å². The average Bonchev–Trinajstić information content (AvgIpc) is 2.40. The van der Waals surface area contributed by atoms with Crippen molar-refractivity contribution in [2.24, 2.45) is 0 Å². The molecule has 0 saturated carbocycles. The quantitative estimate of drug-likeness (QED) is 0.813. The molecule has 2 aromatic carbocycles. The van der Waals surface area contributed by atoms with E-state index in [-0.39, 0.29) is 5.02 Å². The first-order valence-electron chi connectivity index (χ1n) is 5.73. The van der Waals surface area contributed by atoms with Crippen molar-refractivity contribution in [1.82, 2.24) is 0 Å². The van der Waals surface area contributed by atoms with Gasteiger partial charge in [-0.2, -0.15) is 0 Å². The summed E-state index contributed by atoms with van der Waals surface area (Å²) in [5, 5.41) is 3.87. The number of anilines is 1. The highest BCUT2D eigenvalue weighted by Crippen LogP contribution is 2.21. The zero-order valence-corrected chi connectivity index (χ0v) is 11.5. The zero-order chi connectivity index (χ0) is 13.7. The molecule has 0 heterocycles. The van der Waals surface area contributed by atoms with Gasteiger partial charge in [-0.3, -0.25) is 0 Å². The Balaban J connectivity index is 1.81. The maximum atomic E-state index is 13.2. The van der Waals surface area contributed by atoms with Gasteiger partial charge >= 0.3 is 0 Å². The van der Waals surface area contributed by atoms with E-state index in [1.54, 1.807) is 12.1 Å². The lowest BCUT2D eigenvalue weighted by atomic mass is 10.3. The predicted octanol–water partition coefficient (Wildman–Crippen LogP) is 4.62. The summed E-state index contributed by atoms with van der Waals surface area (Å²) in [5.41, 5.74) is 0.843. The molecule has 2 nitrogen and oxygen atoms in total. The molecule has 0 aliphatic heterocycles. The van der Waals surface area contributed by atoms with Gasteiger partial charge in [0.1, 0.15) is 18.2 Å². The molecule has 19 heavy (non-hydrogen) atoms. The van der Waals surface area contributed by atoms with Crippen molar-refractivity contribution in [2.45, 2.75) is 0 Å². The van der Waals surface area contributed by atoms with Crippen LogP contribution in [0.2, 0.25) is 10.0 Å². The van der Waals surface area contributed by atoms with Gasteiger partial charge in [-0.1, -0.05) is 35.3 Å². The van der Waals surface area contributed by atoms with Gasteiger partial charge in [0.05, 0.1) is 15.7 Å². The van der Waals surface area contributed by atoms with Crippen LogP contribution in [0.3, 0.4) is 0 Å². The summed E-state index contributed by atoms with van der Waals surface area (Å²) in [6.45, 7) is 0.959. The number of benzene rings is 2. The molecule has 0 bridgehead atoms. The summed E-state index contributed by atoms with van der Waals surface area (Å²) in [7, 11) is 0. The first kappa shape index (κ1) is 14.0. The highest BCUT2D eigenvalue weighted by Gasteiger charge is 2.02. The summed E-state index contributed by atoms with van der Waals surface area (Å²) in [5.74, 6) is -0.0407. The van der Waals surface area contributed by atoms with E-state index in [2.05, 4.69) is 5.32 Å². The van der Waals surface area contributed by atoms with Crippen LogP contribution in [0.1, 0.15) is 0 Å². The van der Waals surface area contributed by atoms with Crippen LogP contribution in [0.25, 0.3) is 0 Å². The molecule has 100 valence electrons. The number of rotatable bonds is 5. The molecular formula is C14H12Cl2FNO. The number of ether oxygens (including phenoxy) is 1. The Morgan fingerprint density at radius 1 is 1.05 bits per heavy atom. The highest BCUT2D eigenvalue weighted by atomic mass is 35.5. The molecular weight excluding hydrogens is 288 g/mol. The number of hydrogen-bond acceptors (Lipinski definition) is 2. The predicted molar refractivity (Wildman–Crippen MR) is 76.8 cm³/mol. The fourth-order valence-electron chi connectivity index (χ4n) is 1.53. The molecule has 2 aromatic rings. The molecule has 0 aromatic heterocycles. The highest BCUT2D eigenvalue weighted by molar-refractivity contribution is 6.33. The van der Waals surface area contributed by atoms with Crippen LogP contribution in [0, 0.1) is 5.82 Å². The largest absolute Gasteiger partial charge is 0.492 e. The van der Waals surface area contributed by atoms with Gasteiger partial charge in [-0.05, 0) is 24.3 Å². The van der Waals surface area contributed by atoms with Crippen molar-refractivity contribution in [3.63, 3.8) is 0 Å². The van der Waals surface area contributed by atoms with E-state index < -0.39 is 5.82 Å². The van der Waals surface area contributed by atoms with Crippen molar-refractivity contribution >= 4 is 28.9 Å². The molecule has 5 heteroatoms. The van der Waals surface area contributed by atoms with Crippen molar-refractivity contribution in [3.8, 4) is 5.75 Å². The number of halogens is 3. The number of nitrogens with one attached hydrogen (secondary N) is 1. The van der Waals surface area contributed by atoms with E-state index in [1.807, 2.05) is 18.2 Å². The molecule has 0 aliphatic carbocycles. The SMILES string of the molecule is Fc1cc(OCCNc2ccccc2Cl)ccc1Cl. The molecule has 0 fully saturated rings. The van der Waals surface area contributed by atoms with Crippen LogP contribution < -0.4 is 10.1 Å². The van der Waals surface area contributed by atoms with Crippen molar-refractivity contribution in [2.75, 3.05) is 18.5 Å². The van der Waals surface area contributed by atoms with Gasteiger partial charge in [0.25, 0.3) is 0 Å². The maximum Gasteiger partial charge on any atom is 0.145 e. The minimum absolute atomic E-state index is 0.0848. The number of para-hydroxylation sites is 1. The second kappa shape index (κ2) is 6.64. The normalized spacial score (nSPS) is 10.3. The van der Waals surface area contributed by atoms with E-state index >= 15 is 0 Å². The molecule has 0 amide bonds. The first-order valence-corrected chi connectivity index (χ1v) is 6.48. The van der Waals surface area contributed by atoms with E-state index in [0.717, 1.165) is 5.69 Å². The van der Waals surface area contributed by atoms with Gasteiger partial charge in [0.2, 0.25) is 0 Å². The smallest absolute Gasteiger partial charge is 0.145 e. The molecule has 0 atom stereocenters. The van der Waals surface area contributed by atoms with E-state index in [4.69, 9.17) is 27.9 Å². The van der Waals surface area contributed by atoms with Crippen molar-refractivity contribution in [1.29, 1.82) is 0 Å². The lowest BCUT2D eigenvalue weighted by Gasteiger charge is -2.10. The van der Waals surface area contributed by atoms with E-state index in [9.17, 15) is 4.39 Å². The third kappa shape index (κ3) is 4.01. The van der Waals surface area contributed by atoms with Crippen LogP contribution in [0.5, 0.6) is 5.75 Å². The lowest BCUT2D eigenvalue weighted by molar-refractivity contribution is 0.331. The number of hydrogen-bond donors (Lipinski definition) is 1. The fraction of sp³-hybridized carbons (Fsp3) is 0.143. The Kier molecular flexibility index (Phi) is 4.88.